The number of esters is 1. The van der Waals surface area contributed by atoms with Crippen molar-refractivity contribution in [2.45, 2.75) is 152 Å². The maximum absolute atomic E-state index is 10.9. The van der Waals surface area contributed by atoms with Gasteiger partial charge in [0.1, 0.15) is 11.9 Å². The predicted octanol–water partition coefficient (Wildman–Crippen LogP) is 8.92. The Hall–Kier alpha value is -0.860. The molecule has 0 bridgehead atoms. The largest absolute Gasteiger partial charge is 0.463 e. The van der Waals surface area contributed by atoms with E-state index in [9.17, 15) is 9.59 Å². The SMILES string of the molecule is CC(=O)OC1CCC(C2CCCCCC2)CC1.CC(C)=O.CCC.CCC.CCC. The van der Waals surface area contributed by atoms with Crippen molar-refractivity contribution in [1.82, 2.24) is 0 Å². The number of rotatable bonds is 2. The first-order chi connectivity index (χ1) is 14.2. The lowest BCUT2D eigenvalue weighted by molar-refractivity contribution is -0.148. The second kappa shape index (κ2) is 26.2. The standard InChI is InChI=1S/C15H26O2.C3H6O.3C3H8/c1-12(16)17-15-10-8-14(9-11-15)13-6-4-2-3-5-7-13;1-3(2)4;3*1-3-2/h13-15H,2-11H2,1H3;1-2H3;3*3H2,1-2H3. The maximum atomic E-state index is 10.9. The van der Waals surface area contributed by atoms with E-state index in [0.29, 0.717) is 0 Å². The first-order valence-corrected chi connectivity index (χ1v) is 12.9. The Kier molecular flexibility index (Phi) is 29.5. The molecule has 0 amide bonds. The molecule has 0 N–H and O–H groups in total. The molecule has 0 spiro atoms. The van der Waals surface area contributed by atoms with E-state index in [1.807, 2.05) is 0 Å². The van der Waals surface area contributed by atoms with Crippen molar-refractivity contribution in [3.63, 3.8) is 0 Å². The molecule has 0 heterocycles. The highest BCUT2D eigenvalue weighted by atomic mass is 16.5. The molecule has 0 aromatic carbocycles. The summed E-state index contributed by atoms with van der Waals surface area (Å²) in [6.07, 6.45) is 17.4. The summed E-state index contributed by atoms with van der Waals surface area (Å²) in [6, 6.07) is 0. The number of Topliss-reactive ketones (excluding diaryl/α,β-unsaturated/α-hetero) is 1. The van der Waals surface area contributed by atoms with Crippen LogP contribution in [0.25, 0.3) is 0 Å². The molecule has 2 aliphatic rings. The minimum absolute atomic E-state index is 0.108. The van der Waals surface area contributed by atoms with E-state index in [-0.39, 0.29) is 17.9 Å². The van der Waals surface area contributed by atoms with E-state index in [1.165, 1.54) is 91.4 Å². The number of hydrogen-bond acceptors (Lipinski definition) is 3. The minimum Gasteiger partial charge on any atom is -0.463 e. The number of ether oxygens (including phenoxy) is 1. The molecule has 0 aromatic rings. The Bertz CT molecular complexity index is 340. The van der Waals surface area contributed by atoms with Gasteiger partial charge in [-0.3, -0.25) is 4.79 Å². The molecule has 2 fully saturated rings. The normalized spacial score (nSPS) is 20.7. The fourth-order valence-electron chi connectivity index (χ4n) is 3.69. The first kappa shape index (κ1) is 33.8. The molecule has 0 aromatic heterocycles. The van der Waals surface area contributed by atoms with Crippen molar-refractivity contribution >= 4 is 11.8 Å². The highest BCUT2D eigenvalue weighted by Crippen LogP contribution is 2.38. The van der Waals surface area contributed by atoms with Crippen molar-refractivity contribution < 1.29 is 14.3 Å². The highest BCUT2D eigenvalue weighted by molar-refractivity contribution is 5.72. The van der Waals surface area contributed by atoms with Gasteiger partial charge >= 0.3 is 5.97 Å². The topological polar surface area (TPSA) is 43.4 Å². The summed E-state index contributed by atoms with van der Waals surface area (Å²) >= 11 is 0. The third-order valence-electron chi connectivity index (χ3n) is 4.62. The van der Waals surface area contributed by atoms with Crippen LogP contribution < -0.4 is 0 Å². The lowest BCUT2D eigenvalue weighted by Crippen LogP contribution is -2.27. The summed E-state index contributed by atoms with van der Waals surface area (Å²) in [4.78, 5) is 20.4. The van der Waals surface area contributed by atoms with Gasteiger partial charge in [-0.15, -0.1) is 0 Å². The van der Waals surface area contributed by atoms with Crippen LogP contribution in [0.4, 0.5) is 0 Å². The molecule has 0 saturated heterocycles. The zero-order valence-corrected chi connectivity index (χ0v) is 22.1. The molecule has 30 heavy (non-hydrogen) atoms. The summed E-state index contributed by atoms with van der Waals surface area (Å²) in [7, 11) is 0. The van der Waals surface area contributed by atoms with E-state index in [1.54, 1.807) is 0 Å². The Morgan fingerprint density at radius 2 is 0.900 bits per heavy atom. The molecule has 0 aliphatic heterocycles. The van der Waals surface area contributed by atoms with Gasteiger partial charge in [0, 0.05) is 6.92 Å². The van der Waals surface area contributed by atoms with Crippen LogP contribution in [0, 0.1) is 11.8 Å². The molecule has 0 radical (unpaired) electrons. The van der Waals surface area contributed by atoms with Crippen LogP contribution in [-0.4, -0.2) is 17.9 Å². The van der Waals surface area contributed by atoms with Gasteiger partial charge in [-0.1, -0.05) is 99.3 Å². The Morgan fingerprint density at radius 1 is 0.600 bits per heavy atom. The molecule has 2 rings (SSSR count). The summed E-state index contributed by atoms with van der Waals surface area (Å²) in [5, 5.41) is 0. The Balaban J connectivity index is -0.000000465. The van der Waals surface area contributed by atoms with Gasteiger partial charge in [-0.2, -0.15) is 0 Å². The summed E-state index contributed by atoms with van der Waals surface area (Å²) in [5.74, 6) is 1.94. The fraction of sp³-hybridized carbons (Fsp3) is 0.926. The second-order valence-corrected chi connectivity index (χ2v) is 8.93. The Morgan fingerprint density at radius 3 is 1.20 bits per heavy atom. The summed E-state index contributed by atoms with van der Waals surface area (Å²) < 4.78 is 5.31. The molecule has 0 unspecified atom stereocenters. The molecule has 2 aliphatic carbocycles. The van der Waals surface area contributed by atoms with E-state index >= 15 is 0 Å². The van der Waals surface area contributed by atoms with Gasteiger partial charge in [-0.05, 0) is 51.4 Å². The van der Waals surface area contributed by atoms with Gasteiger partial charge in [-0.25, -0.2) is 0 Å². The zero-order valence-electron chi connectivity index (χ0n) is 22.1. The first-order valence-electron chi connectivity index (χ1n) is 12.9. The lowest BCUT2D eigenvalue weighted by atomic mass is 9.76. The molecular formula is C27H56O3. The van der Waals surface area contributed by atoms with E-state index in [2.05, 4.69) is 41.5 Å². The van der Waals surface area contributed by atoms with Crippen molar-refractivity contribution in [3.05, 3.63) is 0 Å². The fourth-order valence-corrected chi connectivity index (χ4v) is 3.69. The smallest absolute Gasteiger partial charge is 0.302 e. The van der Waals surface area contributed by atoms with Gasteiger partial charge in [0.25, 0.3) is 0 Å². The van der Waals surface area contributed by atoms with Crippen molar-refractivity contribution in [2.75, 3.05) is 0 Å². The van der Waals surface area contributed by atoms with E-state index < -0.39 is 0 Å². The van der Waals surface area contributed by atoms with Crippen LogP contribution in [0.15, 0.2) is 0 Å². The van der Waals surface area contributed by atoms with Gasteiger partial charge in [0.2, 0.25) is 0 Å². The van der Waals surface area contributed by atoms with E-state index in [0.717, 1.165) is 24.7 Å². The van der Waals surface area contributed by atoms with Crippen molar-refractivity contribution in [1.29, 1.82) is 0 Å². The van der Waals surface area contributed by atoms with Crippen LogP contribution in [-0.2, 0) is 14.3 Å². The highest BCUT2D eigenvalue weighted by Gasteiger charge is 2.28. The molecule has 0 atom stereocenters. The average molecular weight is 429 g/mol. The lowest BCUT2D eigenvalue weighted by Gasteiger charge is -2.33. The number of hydrogen-bond donors (Lipinski definition) is 0. The number of carbonyl (C=O) groups excluding carboxylic acids is 2. The minimum atomic E-state index is -0.108. The van der Waals surface area contributed by atoms with Crippen molar-refractivity contribution in [2.24, 2.45) is 11.8 Å². The quantitative estimate of drug-likeness (QED) is 0.325. The summed E-state index contributed by atoms with van der Waals surface area (Å²) in [5.41, 5.74) is 0. The van der Waals surface area contributed by atoms with Gasteiger partial charge in [0.15, 0.2) is 0 Å². The van der Waals surface area contributed by atoms with Crippen LogP contribution >= 0.6 is 0 Å². The Labute approximate surface area is 190 Å². The third kappa shape index (κ3) is 27.1. The van der Waals surface area contributed by atoms with Crippen LogP contribution in [0.1, 0.15) is 146 Å². The number of ketones is 1. The number of carbonyl (C=O) groups is 2. The zero-order chi connectivity index (χ0) is 23.8. The average Bonchev–Trinajstić information content (AvgIpc) is 2.93. The van der Waals surface area contributed by atoms with Crippen LogP contribution in [0.3, 0.4) is 0 Å². The maximum Gasteiger partial charge on any atom is 0.302 e. The molecule has 3 heteroatoms. The summed E-state index contributed by atoms with van der Waals surface area (Å²) in [6.45, 7) is 17.3. The molecule has 182 valence electrons. The van der Waals surface area contributed by atoms with Crippen LogP contribution in [0.2, 0.25) is 0 Å². The van der Waals surface area contributed by atoms with E-state index in [4.69, 9.17) is 4.74 Å². The monoisotopic (exact) mass is 428 g/mol. The third-order valence-corrected chi connectivity index (χ3v) is 4.62. The van der Waals surface area contributed by atoms with Crippen LogP contribution in [0.5, 0.6) is 0 Å². The molecule has 2 saturated carbocycles. The van der Waals surface area contributed by atoms with Gasteiger partial charge < -0.3 is 9.53 Å². The van der Waals surface area contributed by atoms with Crippen molar-refractivity contribution in [3.8, 4) is 0 Å². The predicted molar refractivity (Wildman–Crippen MR) is 133 cm³/mol. The van der Waals surface area contributed by atoms with Gasteiger partial charge in [0.05, 0.1) is 0 Å². The molecular weight excluding hydrogens is 372 g/mol. The second-order valence-electron chi connectivity index (χ2n) is 8.93. The molecule has 3 nitrogen and oxygen atoms in total.